The van der Waals surface area contributed by atoms with Gasteiger partial charge >= 0.3 is 0 Å². The molecule has 0 radical (unpaired) electrons. The Morgan fingerprint density at radius 2 is 2.25 bits per heavy atom. The lowest BCUT2D eigenvalue weighted by Gasteiger charge is -2.32. The van der Waals surface area contributed by atoms with Gasteiger partial charge in [0.25, 0.3) is 0 Å². The molecule has 0 saturated carbocycles. The van der Waals surface area contributed by atoms with E-state index in [9.17, 15) is 15.1 Å². The van der Waals surface area contributed by atoms with Crippen molar-refractivity contribution in [3.63, 3.8) is 0 Å². The largest absolute Gasteiger partial charge is 0.393 e. The molecule has 5 nitrogen and oxygen atoms in total. The van der Waals surface area contributed by atoms with Crippen molar-refractivity contribution >= 4 is 0 Å². The Morgan fingerprint density at radius 1 is 1.58 bits per heavy atom. The molecule has 4 atom stereocenters. The van der Waals surface area contributed by atoms with Crippen LogP contribution in [0.5, 0.6) is 0 Å². The third-order valence-corrected chi connectivity index (χ3v) is 2.31. The summed E-state index contributed by atoms with van der Waals surface area (Å²) in [6.45, 7) is 2.51. The van der Waals surface area contributed by atoms with Crippen LogP contribution in [-0.2, 0) is 0 Å². The van der Waals surface area contributed by atoms with Crippen LogP contribution in [0.15, 0.2) is 5.18 Å². The standard InChI is InChI=1S/C7H14N2O3/c1-4(10)5-2-8-3-6(11)7(5)9-12/h4-8,10-11H,2-3H2,1H3/t4?,5-,6-,7-/m1/s1. The Hall–Kier alpha value is -0.520. The van der Waals surface area contributed by atoms with Crippen LogP contribution in [0.4, 0.5) is 0 Å². The van der Waals surface area contributed by atoms with Crippen molar-refractivity contribution in [2.45, 2.75) is 25.2 Å². The van der Waals surface area contributed by atoms with Crippen molar-refractivity contribution in [1.29, 1.82) is 0 Å². The van der Waals surface area contributed by atoms with Gasteiger partial charge in [-0.1, -0.05) is 5.18 Å². The fourth-order valence-electron chi connectivity index (χ4n) is 1.53. The van der Waals surface area contributed by atoms with Gasteiger partial charge in [0, 0.05) is 19.0 Å². The van der Waals surface area contributed by atoms with Crippen LogP contribution in [0, 0.1) is 10.8 Å². The maximum absolute atomic E-state index is 10.3. The summed E-state index contributed by atoms with van der Waals surface area (Å²) in [4.78, 5) is 10.3. The first-order valence-electron chi connectivity index (χ1n) is 4.06. The topological polar surface area (TPSA) is 81.9 Å². The third kappa shape index (κ3) is 1.80. The first kappa shape index (κ1) is 9.57. The van der Waals surface area contributed by atoms with Crippen molar-refractivity contribution in [2.24, 2.45) is 11.1 Å². The Labute approximate surface area is 70.8 Å². The van der Waals surface area contributed by atoms with Crippen molar-refractivity contribution in [3.8, 4) is 0 Å². The lowest BCUT2D eigenvalue weighted by Crippen LogP contribution is -2.52. The molecule has 1 saturated heterocycles. The molecular weight excluding hydrogens is 160 g/mol. The van der Waals surface area contributed by atoms with E-state index in [4.69, 9.17) is 0 Å². The Morgan fingerprint density at radius 3 is 2.67 bits per heavy atom. The highest BCUT2D eigenvalue weighted by Crippen LogP contribution is 2.18. The highest BCUT2D eigenvalue weighted by atomic mass is 16.3. The van der Waals surface area contributed by atoms with Crippen molar-refractivity contribution in [3.05, 3.63) is 4.91 Å². The van der Waals surface area contributed by atoms with Crippen molar-refractivity contribution in [2.75, 3.05) is 13.1 Å². The van der Waals surface area contributed by atoms with Crippen LogP contribution >= 0.6 is 0 Å². The number of piperidine rings is 1. The molecule has 3 N–H and O–H groups in total. The SMILES string of the molecule is CC(O)[C@H]1CNC[C@@H](O)[C@@H]1N=O. The van der Waals surface area contributed by atoms with Crippen LogP contribution in [0.1, 0.15) is 6.92 Å². The molecule has 70 valence electrons. The molecule has 0 amide bonds. The molecule has 0 aromatic heterocycles. The maximum atomic E-state index is 10.3. The van der Waals surface area contributed by atoms with Crippen LogP contribution < -0.4 is 5.32 Å². The molecule has 0 aliphatic carbocycles. The van der Waals surface area contributed by atoms with Gasteiger partial charge in [-0.25, -0.2) is 0 Å². The Bertz CT molecular complexity index is 163. The zero-order valence-electron chi connectivity index (χ0n) is 6.97. The molecular formula is C7H14N2O3. The Kier molecular flexibility index (Phi) is 3.13. The van der Waals surface area contributed by atoms with E-state index in [0.29, 0.717) is 13.1 Å². The lowest BCUT2D eigenvalue weighted by atomic mass is 9.88. The van der Waals surface area contributed by atoms with Crippen molar-refractivity contribution in [1.82, 2.24) is 5.32 Å². The molecule has 1 aliphatic rings. The van der Waals surface area contributed by atoms with E-state index in [0.717, 1.165) is 0 Å². The van der Waals surface area contributed by atoms with E-state index in [-0.39, 0.29) is 5.92 Å². The van der Waals surface area contributed by atoms with Gasteiger partial charge in [-0.15, -0.1) is 0 Å². The lowest BCUT2D eigenvalue weighted by molar-refractivity contribution is 0.0296. The van der Waals surface area contributed by atoms with Crippen LogP contribution in [0.25, 0.3) is 0 Å². The zero-order valence-corrected chi connectivity index (χ0v) is 6.97. The molecule has 0 bridgehead atoms. The summed E-state index contributed by atoms with van der Waals surface area (Å²) in [6.07, 6.45) is -1.38. The number of nitroso groups, excluding NO2 is 1. The second-order valence-electron chi connectivity index (χ2n) is 3.23. The molecule has 0 aromatic carbocycles. The van der Waals surface area contributed by atoms with Crippen LogP contribution in [0.3, 0.4) is 0 Å². The molecule has 1 unspecified atom stereocenters. The first-order chi connectivity index (χ1) is 5.66. The predicted molar refractivity (Wildman–Crippen MR) is 43.6 cm³/mol. The van der Waals surface area contributed by atoms with E-state index < -0.39 is 18.2 Å². The summed E-state index contributed by atoms with van der Waals surface area (Å²) >= 11 is 0. The highest BCUT2D eigenvalue weighted by molar-refractivity contribution is 4.91. The van der Waals surface area contributed by atoms with Crippen LogP contribution in [-0.4, -0.2) is 41.6 Å². The molecule has 1 fully saturated rings. The molecule has 1 aliphatic heterocycles. The molecule has 1 heterocycles. The van der Waals surface area contributed by atoms with Gasteiger partial charge in [-0.05, 0) is 6.92 Å². The highest BCUT2D eigenvalue weighted by Gasteiger charge is 2.35. The summed E-state index contributed by atoms with van der Waals surface area (Å²) in [5, 5.41) is 24.3. The minimum atomic E-state index is -0.768. The minimum absolute atomic E-state index is 0.272. The van der Waals surface area contributed by atoms with Gasteiger partial charge < -0.3 is 15.5 Å². The predicted octanol–water partition coefficient (Wildman–Crippen LogP) is -0.917. The number of nitrogens with one attached hydrogen (secondary N) is 1. The molecule has 5 heteroatoms. The third-order valence-electron chi connectivity index (χ3n) is 2.31. The number of β-amino-alcohol motifs (C(OH)–C–C–N with tert-alkyl or cyclic N) is 1. The van der Waals surface area contributed by atoms with Gasteiger partial charge in [-0.3, -0.25) is 0 Å². The molecule has 12 heavy (non-hydrogen) atoms. The summed E-state index contributed by atoms with van der Waals surface area (Å²) in [6, 6.07) is -0.675. The summed E-state index contributed by atoms with van der Waals surface area (Å²) in [5.41, 5.74) is 0. The van der Waals surface area contributed by atoms with E-state index in [1.54, 1.807) is 6.92 Å². The van der Waals surface area contributed by atoms with Gasteiger partial charge in [0.1, 0.15) is 6.04 Å². The summed E-state index contributed by atoms with van der Waals surface area (Å²) < 4.78 is 0. The van der Waals surface area contributed by atoms with Gasteiger partial charge in [0.05, 0.1) is 12.2 Å². The zero-order chi connectivity index (χ0) is 9.14. The minimum Gasteiger partial charge on any atom is -0.393 e. The second kappa shape index (κ2) is 3.93. The van der Waals surface area contributed by atoms with Gasteiger partial charge in [0.2, 0.25) is 0 Å². The molecule has 0 aromatic rings. The number of aliphatic hydroxyl groups is 2. The summed E-state index contributed by atoms with van der Waals surface area (Å²) in [5.74, 6) is -0.272. The maximum Gasteiger partial charge on any atom is 0.125 e. The fraction of sp³-hybridized carbons (Fsp3) is 1.00. The van der Waals surface area contributed by atoms with E-state index in [1.807, 2.05) is 0 Å². The second-order valence-corrected chi connectivity index (χ2v) is 3.23. The quantitative estimate of drug-likeness (QED) is 0.473. The monoisotopic (exact) mass is 174 g/mol. The van der Waals surface area contributed by atoms with Crippen molar-refractivity contribution < 1.29 is 10.2 Å². The smallest absolute Gasteiger partial charge is 0.125 e. The Balaban J connectivity index is 2.63. The number of hydrogen-bond donors (Lipinski definition) is 3. The van der Waals surface area contributed by atoms with E-state index in [2.05, 4.69) is 10.5 Å². The first-order valence-corrected chi connectivity index (χ1v) is 4.06. The number of rotatable bonds is 2. The number of hydrogen-bond acceptors (Lipinski definition) is 5. The normalized spacial score (nSPS) is 39.1. The van der Waals surface area contributed by atoms with Gasteiger partial charge in [0.15, 0.2) is 0 Å². The van der Waals surface area contributed by atoms with Gasteiger partial charge in [-0.2, -0.15) is 4.91 Å². The van der Waals surface area contributed by atoms with E-state index >= 15 is 0 Å². The molecule has 0 spiro atoms. The molecule has 1 rings (SSSR count). The van der Waals surface area contributed by atoms with Crippen LogP contribution in [0.2, 0.25) is 0 Å². The summed E-state index contributed by atoms with van der Waals surface area (Å²) in [7, 11) is 0. The average Bonchev–Trinajstić information content (AvgIpc) is 2.03. The average molecular weight is 174 g/mol. The fourth-order valence-corrected chi connectivity index (χ4v) is 1.53. The number of nitrogens with zero attached hydrogens (tertiary/aromatic N) is 1. The number of aliphatic hydroxyl groups excluding tert-OH is 2. The van der Waals surface area contributed by atoms with E-state index in [1.165, 1.54) is 0 Å².